The van der Waals surface area contributed by atoms with Crippen LogP contribution in [0, 0.1) is 5.95 Å². The topological polar surface area (TPSA) is 31.4 Å². The molecular weight excluding hydrogens is 233 g/mol. The van der Waals surface area contributed by atoms with Gasteiger partial charge in [-0.1, -0.05) is 12.8 Å². The van der Waals surface area contributed by atoms with Crippen molar-refractivity contribution in [3.05, 3.63) is 24.3 Å². The van der Waals surface area contributed by atoms with Gasteiger partial charge in [0.25, 0.3) is 0 Å². The molecule has 1 unspecified atom stereocenters. The van der Waals surface area contributed by atoms with E-state index in [1.807, 2.05) is 0 Å². The summed E-state index contributed by atoms with van der Waals surface area (Å²) in [6, 6.07) is 2.91. The van der Waals surface area contributed by atoms with E-state index in [1.54, 1.807) is 6.07 Å². The SMILES string of the molecule is Fc1ccc(OCC2CCC3(CCCC3)O2)cn1. The maximum Gasteiger partial charge on any atom is 0.213 e. The van der Waals surface area contributed by atoms with Crippen LogP contribution in [0.5, 0.6) is 5.75 Å². The smallest absolute Gasteiger partial charge is 0.213 e. The van der Waals surface area contributed by atoms with E-state index in [0.717, 1.165) is 12.8 Å². The van der Waals surface area contributed by atoms with Crippen molar-refractivity contribution in [2.45, 2.75) is 50.2 Å². The average molecular weight is 251 g/mol. The Bertz CT molecular complexity index is 401. The molecule has 2 heterocycles. The van der Waals surface area contributed by atoms with Gasteiger partial charge in [0, 0.05) is 0 Å². The van der Waals surface area contributed by atoms with E-state index in [-0.39, 0.29) is 11.7 Å². The van der Waals surface area contributed by atoms with E-state index in [1.165, 1.54) is 37.9 Å². The molecule has 0 amide bonds. The minimum Gasteiger partial charge on any atom is -0.489 e. The van der Waals surface area contributed by atoms with E-state index < -0.39 is 5.95 Å². The molecule has 4 heteroatoms. The highest BCUT2D eigenvalue weighted by molar-refractivity contribution is 5.16. The minimum atomic E-state index is -0.482. The summed E-state index contributed by atoms with van der Waals surface area (Å²) < 4.78 is 24.4. The summed E-state index contributed by atoms with van der Waals surface area (Å²) >= 11 is 0. The Hall–Kier alpha value is -1.16. The van der Waals surface area contributed by atoms with Gasteiger partial charge in [-0.25, -0.2) is 4.98 Å². The zero-order chi connectivity index (χ0) is 12.4. The quantitative estimate of drug-likeness (QED) is 0.774. The fraction of sp³-hybridized carbons (Fsp3) is 0.643. The van der Waals surface area contributed by atoms with Crippen LogP contribution in [0.4, 0.5) is 4.39 Å². The third-order valence-electron chi connectivity index (χ3n) is 3.99. The lowest BCUT2D eigenvalue weighted by molar-refractivity contribution is -0.0509. The number of ether oxygens (including phenoxy) is 2. The molecule has 1 aliphatic carbocycles. The van der Waals surface area contributed by atoms with Gasteiger partial charge >= 0.3 is 0 Å². The average Bonchev–Trinajstić information content (AvgIpc) is 3.00. The fourth-order valence-electron chi connectivity index (χ4n) is 3.04. The Labute approximate surface area is 106 Å². The molecule has 1 spiro atoms. The summed E-state index contributed by atoms with van der Waals surface area (Å²) in [5.74, 6) is 0.122. The van der Waals surface area contributed by atoms with Gasteiger partial charge in [-0.3, -0.25) is 0 Å². The second-order valence-corrected chi connectivity index (χ2v) is 5.30. The highest BCUT2D eigenvalue weighted by Gasteiger charge is 2.42. The Balaban J connectivity index is 1.51. The Morgan fingerprint density at radius 1 is 1.33 bits per heavy atom. The van der Waals surface area contributed by atoms with E-state index >= 15 is 0 Å². The third-order valence-corrected chi connectivity index (χ3v) is 3.99. The molecule has 1 saturated carbocycles. The third kappa shape index (κ3) is 2.48. The first kappa shape index (κ1) is 11.9. The van der Waals surface area contributed by atoms with Gasteiger partial charge in [0.15, 0.2) is 0 Å². The van der Waals surface area contributed by atoms with Gasteiger partial charge in [0.05, 0.1) is 17.9 Å². The van der Waals surface area contributed by atoms with Gasteiger partial charge in [-0.05, 0) is 37.8 Å². The highest BCUT2D eigenvalue weighted by atomic mass is 19.1. The summed E-state index contributed by atoms with van der Waals surface area (Å²) in [5, 5.41) is 0. The maximum absolute atomic E-state index is 12.6. The molecule has 1 atom stereocenters. The van der Waals surface area contributed by atoms with Gasteiger partial charge < -0.3 is 9.47 Å². The Morgan fingerprint density at radius 2 is 2.17 bits per heavy atom. The highest BCUT2D eigenvalue weighted by Crippen LogP contribution is 2.43. The number of rotatable bonds is 3. The zero-order valence-corrected chi connectivity index (χ0v) is 10.4. The second-order valence-electron chi connectivity index (χ2n) is 5.30. The molecule has 18 heavy (non-hydrogen) atoms. The van der Waals surface area contributed by atoms with Crippen LogP contribution in [0.15, 0.2) is 18.3 Å². The lowest BCUT2D eigenvalue weighted by Crippen LogP contribution is -2.27. The van der Waals surface area contributed by atoms with Gasteiger partial charge in [-0.15, -0.1) is 0 Å². The zero-order valence-electron chi connectivity index (χ0n) is 10.4. The normalized spacial score (nSPS) is 25.7. The second kappa shape index (κ2) is 4.84. The first-order chi connectivity index (χ1) is 8.76. The number of hydrogen-bond donors (Lipinski definition) is 0. The van der Waals surface area contributed by atoms with Crippen molar-refractivity contribution in [3.63, 3.8) is 0 Å². The Morgan fingerprint density at radius 3 is 2.89 bits per heavy atom. The van der Waals surface area contributed by atoms with Crippen LogP contribution < -0.4 is 4.74 Å². The molecule has 2 aliphatic rings. The molecule has 1 aromatic rings. The molecule has 0 N–H and O–H groups in total. The van der Waals surface area contributed by atoms with Crippen molar-refractivity contribution in [1.82, 2.24) is 4.98 Å². The van der Waals surface area contributed by atoms with Crippen LogP contribution in [0.2, 0.25) is 0 Å². The van der Waals surface area contributed by atoms with Crippen molar-refractivity contribution in [1.29, 1.82) is 0 Å². The lowest BCUT2D eigenvalue weighted by Gasteiger charge is -2.23. The van der Waals surface area contributed by atoms with Crippen molar-refractivity contribution in [2.75, 3.05) is 6.61 Å². The van der Waals surface area contributed by atoms with Gasteiger partial charge in [0.1, 0.15) is 12.4 Å². The van der Waals surface area contributed by atoms with Crippen molar-refractivity contribution in [2.24, 2.45) is 0 Å². The molecular formula is C14H18FNO2. The first-order valence-electron chi connectivity index (χ1n) is 6.68. The van der Waals surface area contributed by atoms with Crippen LogP contribution in [0.25, 0.3) is 0 Å². The van der Waals surface area contributed by atoms with Gasteiger partial charge in [0.2, 0.25) is 5.95 Å². The predicted molar refractivity (Wildman–Crippen MR) is 65.0 cm³/mol. The molecule has 0 radical (unpaired) electrons. The van der Waals surface area contributed by atoms with Crippen molar-refractivity contribution < 1.29 is 13.9 Å². The molecule has 1 aliphatic heterocycles. The molecule has 1 aromatic heterocycles. The lowest BCUT2D eigenvalue weighted by atomic mass is 9.98. The summed E-state index contributed by atoms with van der Waals surface area (Å²) in [4.78, 5) is 3.56. The maximum atomic E-state index is 12.6. The van der Waals surface area contributed by atoms with E-state index in [4.69, 9.17) is 9.47 Å². The van der Waals surface area contributed by atoms with Crippen molar-refractivity contribution >= 4 is 0 Å². The number of hydrogen-bond acceptors (Lipinski definition) is 3. The fourth-order valence-corrected chi connectivity index (χ4v) is 3.04. The molecule has 3 nitrogen and oxygen atoms in total. The summed E-state index contributed by atoms with van der Waals surface area (Å²) in [7, 11) is 0. The van der Waals surface area contributed by atoms with Crippen LogP contribution in [0.3, 0.4) is 0 Å². The molecule has 0 bridgehead atoms. The Kier molecular flexibility index (Phi) is 3.20. The van der Waals surface area contributed by atoms with Crippen LogP contribution in [0.1, 0.15) is 38.5 Å². The van der Waals surface area contributed by atoms with Crippen LogP contribution >= 0.6 is 0 Å². The summed E-state index contributed by atoms with van der Waals surface area (Å²) in [5.41, 5.74) is 0.148. The number of nitrogens with zero attached hydrogens (tertiary/aromatic N) is 1. The van der Waals surface area contributed by atoms with E-state index in [2.05, 4.69) is 4.98 Å². The number of aromatic nitrogens is 1. The molecule has 98 valence electrons. The van der Waals surface area contributed by atoms with E-state index in [0.29, 0.717) is 12.4 Å². The van der Waals surface area contributed by atoms with E-state index in [9.17, 15) is 4.39 Å². The monoisotopic (exact) mass is 251 g/mol. The summed E-state index contributed by atoms with van der Waals surface area (Å²) in [6.45, 7) is 0.537. The predicted octanol–water partition coefficient (Wildman–Crippen LogP) is 3.09. The van der Waals surface area contributed by atoms with Crippen molar-refractivity contribution in [3.8, 4) is 5.75 Å². The number of halogens is 1. The minimum absolute atomic E-state index is 0.148. The molecule has 1 saturated heterocycles. The summed E-state index contributed by atoms with van der Waals surface area (Å²) in [6.07, 6.45) is 8.77. The van der Waals surface area contributed by atoms with Crippen LogP contribution in [-0.4, -0.2) is 23.3 Å². The first-order valence-corrected chi connectivity index (χ1v) is 6.68. The molecule has 3 rings (SSSR count). The van der Waals surface area contributed by atoms with Gasteiger partial charge in [-0.2, -0.15) is 4.39 Å². The standard InChI is InChI=1S/C14H18FNO2/c15-13-4-3-11(9-16-13)17-10-12-5-8-14(18-12)6-1-2-7-14/h3-4,9,12H,1-2,5-8,10H2. The largest absolute Gasteiger partial charge is 0.489 e. The number of pyridine rings is 1. The van der Waals surface area contributed by atoms with Crippen LogP contribution in [-0.2, 0) is 4.74 Å². The molecule has 0 aromatic carbocycles. The molecule has 2 fully saturated rings.